The van der Waals surface area contributed by atoms with E-state index in [1.807, 2.05) is 16.7 Å². The van der Waals surface area contributed by atoms with Gasteiger partial charge in [-0.15, -0.1) is 10.2 Å². The average Bonchev–Trinajstić information content (AvgIpc) is 3.33. The zero-order valence-electron chi connectivity index (χ0n) is 18.3. The molecule has 0 saturated carbocycles. The van der Waals surface area contributed by atoms with E-state index in [1.165, 1.54) is 11.8 Å². The smallest absolute Gasteiger partial charge is 0.391 e. The van der Waals surface area contributed by atoms with Crippen LogP contribution in [0.5, 0.6) is 0 Å². The van der Waals surface area contributed by atoms with Crippen molar-refractivity contribution in [3.8, 4) is 0 Å². The lowest BCUT2D eigenvalue weighted by Gasteiger charge is -2.25. The third kappa shape index (κ3) is 5.00. The molecule has 1 aliphatic rings. The van der Waals surface area contributed by atoms with E-state index in [4.69, 9.17) is 11.6 Å². The second-order valence-electron chi connectivity index (χ2n) is 8.13. The van der Waals surface area contributed by atoms with Gasteiger partial charge in [0.2, 0.25) is 0 Å². The van der Waals surface area contributed by atoms with Crippen LogP contribution >= 0.6 is 11.6 Å². The standard InChI is InChI=1S/C22H22ClF3N6O2/c1-12-17(7-8-19(27-12)22(24,25)26)28-21(34)32-11-16(33)9-18(32)20-30-29-13(2)31(20)10-14-3-5-15(23)6-4-14/h3-8,16,18,33H,9-11H2,1-2H3,(H,28,34). The van der Waals surface area contributed by atoms with Gasteiger partial charge < -0.3 is 19.9 Å². The molecule has 34 heavy (non-hydrogen) atoms. The number of nitrogens with zero attached hydrogens (tertiary/aromatic N) is 5. The Morgan fingerprint density at radius 1 is 1.18 bits per heavy atom. The molecule has 3 heterocycles. The Morgan fingerprint density at radius 3 is 2.53 bits per heavy atom. The Labute approximate surface area is 198 Å². The Hall–Kier alpha value is -3.18. The summed E-state index contributed by atoms with van der Waals surface area (Å²) in [6.07, 6.45) is -5.12. The molecule has 2 amide bonds. The van der Waals surface area contributed by atoms with Crippen molar-refractivity contribution in [2.24, 2.45) is 0 Å². The monoisotopic (exact) mass is 494 g/mol. The maximum absolute atomic E-state index is 13.1. The van der Waals surface area contributed by atoms with Gasteiger partial charge in [-0.05, 0) is 43.7 Å². The van der Waals surface area contributed by atoms with Crippen molar-refractivity contribution < 1.29 is 23.1 Å². The van der Waals surface area contributed by atoms with Gasteiger partial charge in [0.25, 0.3) is 0 Å². The number of alkyl halides is 3. The molecule has 1 fully saturated rings. The number of amides is 2. The summed E-state index contributed by atoms with van der Waals surface area (Å²) in [4.78, 5) is 18.0. The highest BCUT2D eigenvalue weighted by atomic mass is 35.5. The lowest BCUT2D eigenvalue weighted by atomic mass is 10.1. The number of likely N-dealkylation sites (tertiary alicyclic amines) is 1. The van der Waals surface area contributed by atoms with Crippen LogP contribution in [-0.4, -0.2) is 48.4 Å². The summed E-state index contributed by atoms with van der Waals surface area (Å²) < 4.78 is 40.6. The summed E-state index contributed by atoms with van der Waals surface area (Å²) in [7, 11) is 0. The molecule has 4 rings (SSSR count). The number of aliphatic hydroxyl groups is 1. The number of urea groups is 1. The number of aryl methyl sites for hydroxylation is 2. The zero-order chi connectivity index (χ0) is 24.6. The number of aliphatic hydroxyl groups excluding tert-OH is 1. The van der Waals surface area contributed by atoms with E-state index in [2.05, 4.69) is 20.5 Å². The van der Waals surface area contributed by atoms with Gasteiger partial charge in [-0.25, -0.2) is 9.78 Å². The minimum atomic E-state index is -4.58. The molecule has 2 aromatic heterocycles. The minimum absolute atomic E-state index is 0.0289. The summed E-state index contributed by atoms with van der Waals surface area (Å²) in [5.41, 5.74) is 0.0935. The average molecular weight is 495 g/mol. The molecule has 0 aliphatic carbocycles. The van der Waals surface area contributed by atoms with Crippen molar-refractivity contribution in [2.75, 3.05) is 11.9 Å². The molecule has 1 saturated heterocycles. The quantitative estimate of drug-likeness (QED) is 0.562. The lowest BCUT2D eigenvalue weighted by Crippen LogP contribution is -2.36. The van der Waals surface area contributed by atoms with E-state index in [9.17, 15) is 23.1 Å². The van der Waals surface area contributed by atoms with Crippen molar-refractivity contribution in [1.82, 2.24) is 24.6 Å². The number of aromatic nitrogens is 4. The minimum Gasteiger partial charge on any atom is -0.391 e. The fraction of sp³-hybridized carbons (Fsp3) is 0.364. The van der Waals surface area contributed by atoms with Crippen LogP contribution in [0.1, 0.15) is 41.1 Å². The summed E-state index contributed by atoms with van der Waals surface area (Å²) >= 11 is 5.97. The maximum atomic E-state index is 13.1. The highest BCUT2D eigenvalue weighted by molar-refractivity contribution is 6.30. The van der Waals surface area contributed by atoms with E-state index in [0.29, 0.717) is 23.2 Å². The van der Waals surface area contributed by atoms with Crippen molar-refractivity contribution in [3.63, 3.8) is 0 Å². The Morgan fingerprint density at radius 2 is 1.88 bits per heavy atom. The van der Waals surface area contributed by atoms with Gasteiger partial charge in [-0.2, -0.15) is 13.2 Å². The number of hydrogen-bond acceptors (Lipinski definition) is 5. The normalized spacial score (nSPS) is 18.4. The number of nitrogens with one attached hydrogen (secondary N) is 1. The Kier molecular flexibility index (Phi) is 6.50. The fourth-order valence-electron chi connectivity index (χ4n) is 3.93. The molecule has 2 atom stereocenters. The third-order valence-corrected chi connectivity index (χ3v) is 5.93. The number of β-amino-alcohol motifs (C(OH)–C–C–N with tert-alkyl or cyclic N) is 1. The number of hydrogen-bond donors (Lipinski definition) is 2. The van der Waals surface area contributed by atoms with Crippen LogP contribution in [-0.2, 0) is 12.7 Å². The number of carbonyl (C=O) groups is 1. The van der Waals surface area contributed by atoms with Crippen LogP contribution < -0.4 is 5.32 Å². The molecule has 1 aliphatic heterocycles. The number of pyridine rings is 1. The topological polar surface area (TPSA) is 96.2 Å². The Balaban J connectivity index is 1.57. The van der Waals surface area contributed by atoms with E-state index < -0.39 is 30.0 Å². The third-order valence-electron chi connectivity index (χ3n) is 5.67. The maximum Gasteiger partial charge on any atom is 0.433 e. The number of halogens is 4. The molecule has 1 aromatic carbocycles. The van der Waals surface area contributed by atoms with Gasteiger partial charge in [-0.1, -0.05) is 23.7 Å². The molecule has 2 unspecified atom stereocenters. The molecule has 0 bridgehead atoms. The largest absolute Gasteiger partial charge is 0.433 e. The molecule has 180 valence electrons. The van der Waals surface area contributed by atoms with E-state index >= 15 is 0 Å². The van der Waals surface area contributed by atoms with Crippen LogP contribution in [0, 0.1) is 13.8 Å². The van der Waals surface area contributed by atoms with Gasteiger partial charge in [0.1, 0.15) is 11.5 Å². The number of anilines is 1. The van der Waals surface area contributed by atoms with E-state index in [0.717, 1.165) is 17.7 Å². The molecule has 8 nitrogen and oxygen atoms in total. The van der Waals surface area contributed by atoms with E-state index in [1.54, 1.807) is 19.1 Å². The number of rotatable bonds is 4. The molecule has 0 radical (unpaired) electrons. The van der Waals surface area contributed by atoms with Crippen molar-refractivity contribution in [2.45, 2.75) is 45.1 Å². The highest BCUT2D eigenvalue weighted by Crippen LogP contribution is 2.33. The predicted molar refractivity (Wildman–Crippen MR) is 118 cm³/mol. The van der Waals surface area contributed by atoms with Crippen LogP contribution in [0.25, 0.3) is 0 Å². The van der Waals surface area contributed by atoms with Crippen LogP contribution in [0.3, 0.4) is 0 Å². The SMILES string of the molecule is Cc1nc(C(F)(F)F)ccc1NC(=O)N1CC(O)CC1c1nnc(C)n1Cc1ccc(Cl)cc1. The summed E-state index contributed by atoms with van der Waals surface area (Å²) in [5, 5.41) is 21.9. The molecular weight excluding hydrogens is 473 g/mol. The Bertz CT molecular complexity index is 1200. The van der Waals surface area contributed by atoms with Crippen molar-refractivity contribution >= 4 is 23.3 Å². The first-order valence-electron chi connectivity index (χ1n) is 10.5. The fourth-order valence-corrected chi connectivity index (χ4v) is 4.06. The first-order chi connectivity index (χ1) is 16.0. The molecule has 2 N–H and O–H groups in total. The zero-order valence-corrected chi connectivity index (χ0v) is 19.1. The van der Waals surface area contributed by atoms with Crippen LogP contribution in [0.15, 0.2) is 36.4 Å². The second-order valence-corrected chi connectivity index (χ2v) is 8.57. The second kappa shape index (κ2) is 9.22. The first kappa shape index (κ1) is 24.0. The summed E-state index contributed by atoms with van der Waals surface area (Å²) in [5.74, 6) is 1.14. The van der Waals surface area contributed by atoms with E-state index in [-0.39, 0.29) is 24.3 Å². The van der Waals surface area contributed by atoms with Crippen LogP contribution in [0.4, 0.5) is 23.7 Å². The molecule has 12 heteroatoms. The predicted octanol–water partition coefficient (Wildman–Crippen LogP) is 4.35. The van der Waals surface area contributed by atoms with Gasteiger partial charge in [0, 0.05) is 18.0 Å². The highest BCUT2D eigenvalue weighted by Gasteiger charge is 2.39. The number of benzene rings is 1. The van der Waals surface area contributed by atoms with Gasteiger partial charge in [0.15, 0.2) is 5.82 Å². The van der Waals surface area contributed by atoms with Crippen molar-refractivity contribution in [3.05, 3.63) is 70.0 Å². The van der Waals surface area contributed by atoms with Gasteiger partial charge in [-0.3, -0.25) is 0 Å². The number of carbonyl (C=O) groups excluding carboxylic acids is 1. The lowest BCUT2D eigenvalue weighted by molar-refractivity contribution is -0.141. The first-order valence-corrected chi connectivity index (χ1v) is 10.9. The van der Waals surface area contributed by atoms with Gasteiger partial charge in [0.05, 0.1) is 30.1 Å². The molecular formula is C22H22ClF3N6O2. The van der Waals surface area contributed by atoms with Crippen molar-refractivity contribution in [1.29, 1.82) is 0 Å². The van der Waals surface area contributed by atoms with Gasteiger partial charge >= 0.3 is 12.2 Å². The summed E-state index contributed by atoms with van der Waals surface area (Å²) in [6, 6.07) is 8.12. The molecule has 0 spiro atoms. The van der Waals surface area contributed by atoms with Crippen LogP contribution in [0.2, 0.25) is 5.02 Å². The molecule has 3 aromatic rings. The summed E-state index contributed by atoms with van der Waals surface area (Å²) in [6.45, 7) is 3.65.